The number of imidazole rings is 1. The Kier molecular flexibility index (Phi) is 5.01. The van der Waals surface area contributed by atoms with Gasteiger partial charge in [0.15, 0.2) is 0 Å². The number of aromatic nitrogens is 2. The van der Waals surface area contributed by atoms with Crippen LogP contribution in [0.15, 0.2) is 30.7 Å². The van der Waals surface area contributed by atoms with Crippen molar-refractivity contribution in [3.63, 3.8) is 0 Å². The fraction of sp³-hybridized carbons (Fsp3) is 0.545. The number of hydrogen-bond donors (Lipinski definition) is 1. The Morgan fingerprint density at radius 2 is 2.10 bits per heavy atom. The van der Waals surface area contributed by atoms with Gasteiger partial charge in [-0.15, -0.1) is 0 Å². The van der Waals surface area contributed by atoms with Gasteiger partial charge in [0.05, 0.1) is 24.5 Å². The van der Waals surface area contributed by atoms with Crippen molar-refractivity contribution in [2.45, 2.75) is 18.9 Å². The number of fused-ring (bicyclic) bond motifs is 1. The molecule has 0 aliphatic carbocycles. The predicted octanol–water partition coefficient (Wildman–Crippen LogP) is 1.00. The number of amides is 1. The summed E-state index contributed by atoms with van der Waals surface area (Å²) in [7, 11) is 1.98. The van der Waals surface area contributed by atoms with Crippen molar-refractivity contribution in [2.75, 3.05) is 45.9 Å². The molecule has 1 aromatic heterocycles. The van der Waals surface area contributed by atoms with Gasteiger partial charge in [0, 0.05) is 71.4 Å². The first-order chi connectivity index (χ1) is 14.2. The van der Waals surface area contributed by atoms with Crippen molar-refractivity contribution in [3.8, 4) is 5.75 Å². The lowest BCUT2D eigenvalue weighted by Crippen LogP contribution is -2.50. The van der Waals surface area contributed by atoms with Crippen LogP contribution in [0.4, 0.5) is 0 Å². The summed E-state index contributed by atoms with van der Waals surface area (Å²) >= 11 is 0. The van der Waals surface area contributed by atoms with Crippen molar-refractivity contribution < 1.29 is 9.53 Å². The maximum atomic E-state index is 13.2. The maximum absolute atomic E-state index is 13.2. The van der Waals surface area contributed by atoms with Gasteiger partial charge >= 0.3 is 0 Å². The Labute approximate surface area is 171 Å². The summed E-state index contributed by atoms with van der Waals surface area (Å²) in [5.41, 5.74) is 3.69. The average Bonchev–Trinajstić information content (AvgIpc) is 3.48. The number of benzene rings is 1. The zero-order chi connectivity index (χ0) is 19.8. The third-order valence-corrected chi connectivity index (χ3v) is 6.48. The second-order valence-electron chi connectivity index (χ2n) is 8.48. The Morgan fingerprint density at radius 3 is 2.90 bits per heavy atom. The number of carbonyl (C=O) groups excluding carboxylic acids is 1. The van der Waals surface area contributed by atoms with Crippen molar-refractivity contribution in [1.29, 1.82) is 0 Å². The fourth-order valence-corrected chi connectivity index (χ4v) is 4.83. The number of carbonyl (C=O) groups is 1. The monoisotopic (exact) mass is 395 g/mol. The van der Waals surface area contributed by atoms with Crippen LogP contribution in [0.5, 0.6) is 5.75 Å². The van der Waals surface area contributed by atoms with Gasteiger partial charge in [-0.25, -0.2) is 4.98 Å². The van der Waals surface area contributed by atoms with Crippen molar-refractivity contribution in [2.24, 2.45) is 13.0 Å². The number of rotatable bonds is 4. The van der Waals surface area contributed by atoms with Crippen molar-refractivity contribution in [1.82, 2.24) is 24.7 Å². The molecule has 5 rings (SSSR count). The Hall–Kier alpha value is -2.38. The van der Waals surface area contributed by atoms with E-state index in [1.165, 1.54) is 11.1 Å². The summed E-state index contributed by atoms with van der Waals surface area (Å²) < 4.78 is 7.56. The molecule has 2 saturated heterocycles. The smallest absolute Gasteiger partial charge is 0.227 e. The second kappa shape index (κ2) is 7.80. The van der Waals surface area contributed by atoms with E-state index in [1.54, 1.807) is 0 Å². The predicted molar refractivity (Wildman–Crippen MR) is 110 cm³/mol. The molecule has 1 N–H and O–H groups in total. The summed E-state index contributed by atoms with van der Waals surface area (Å²) in [6.07, 6.45) is 4.87. The molecule has 7 nitrogen and oxygen atoms in total. The number of nitrogens with one attached hydrogen (secondary N) is 1. The molecule has 4 heterocycles. The molecule has 1 amide bonds. The van der Waals surface area contributed by atoms with E-state index in [4.69, 9.17) is 4.74 Å². The van der Waals surface area contributed by atoms with Crippen molar-refractivity contribution in [3.05, 3.63) is 47.5 Å². The summed E-state index contributed by atoms with van der Waals surface area (Å²) in [5, 5.41) is 3.39. The van der Waals surface area contributed by atoms with Gasteiger partial charge in [-0.05, 0) is 17.2 Å². The third kappa shape index (κ3) is 3.76. The van der Waals surface area contributed by atoms with Gasteiger partial charge in [-0.3, -0.25) is 9.69 Å². The molecule has 0 unspecified atom stereocenters. The fourth-order valence-electron chi connectivity index (χ4n) is 4.83. The van der Waals surface area contributed by atoms with E-state index < -0.39 is 0 Å². The van der Waals surface area contributed by atoms with E-state index in [9.17, 15) is 4.79 Å². The Morgan fingerprint density at radius 1 is 1.24 bits per heavy atom. The van der Waals surface area contributed by atoms with Crippen LogP contribution in [0.1, 0.15) is 22.7 Å². The van der Waals surface area contributed by atoms with Crippen LogP contribution in [0.3, 0.4) is 0 Å². The minimum Gasteiger partial charge on any atom is -0.493 e. The molecule has 0 radical (unpaired) electrons. The SMILES string of the molecule is Cn1cnc([C@@H]2CNC[C@H]2C(=O)N2CCN(Cc3ccc4c(c3)CCO4)CC2)c1. The number of piperazine rings is 1. The van der Waals surface area contributed by atoms with Crippen LogP contribution in [-0.2, 0) is 24.8 Å². The second-order valence-corrected chi connectivity index (χ2v) is 8.48. The van der Waals surface area contributed by atoms with Gasteiger partial charge < -0.3 is 19.5 Å². The minimum atomic E-state index is -0.00633. The van der Waals surface area contributed by atoms with Crippen molar-refractivity contribution >= 4 is 5.91 Å². The first kappa shape index (κ1) is 18.6. The maximum Gasteiger partial charge on any atom is 0.227 e. The molecule has 0 saturated carbocycles. The normalized spacial score (nSPS) is 24.5. The number of nitrogens with zero attached hydrogens (tertiary/aromatic N) is 4. The summed E-state index contributed by atoms with van der Waals surface area (Å²) in [6, 6.07) is 6.55. The van der Waals surface area contributed by atoms with Crippen LogP contribution < -0.4 is 10.1 Å². The third-order valence-electron chi connectivity index (χ3n) is 6.48. The van der Waals surface area contributed by atoms with E-state index in [2.05, 4.69) is 38.3 Å². The van der Waals surface area contributed by atoms with E-state index in [1.807, 2.05) is 24.1 Å². The molecule has 1 aromatic carbocycles. The standard InChI is InChI=1S/C22H29N5O2/c1-25-14-20(24-15-25)18-11-23-12-19(18)22(28)27-7-5-26(6-8-27)13-16-2-3-21-17(10-16)4-9-29-21/h2-3,10,14-15,18-19,23H,4-9,11-13H2,1H3/t18-,19-/m1/s1. The molecule has 154 valence electrons. The lowest BCUT2D eigenvalue weighted by atomic mass is 9.91. The van der Waals surface area contributed by atoms with Gasteiger partial charge in [0.1, 0.15) is 5.75 Å². The average molecular weight is 396 g/mol. The number of ether oxygens (including phenoxy) is 1. The lowest BCUT2D eigenvalue weighted by molar-refractivity contribution is -0.137. The zero-order valence-corrected chi connectivity index (χ0v) is 17.0. The minimum absolute atomic E-state index is 0.00633. The van der Waals surface area contributed by atoms with Gasteiger partial charge in [0.2, 0.25) is 5.91 Å². The summed E-state index contributed by atoms with van der Waals surface area (Å²) in [4.78, 5) is 22.2. The van der Waals surface area contributed by atoms with E-state index in [0.29, 0.717) is 0 Å². The van der Waals surface area contributed by atoms with Crippen LogP contribution >= 0.6 is 0 Å². The molecule has 3 aliphatic rings. The highest BCUT2D eigenvalue weighted by molar-refractivity contribution is 5.80. The molecule has 0 bridgehead atoms. The van der Waals surface area contributed by atoms with Crippen LogP contribution in [-0.4, -0.2) is 71.1 Å². The van der Waals surface area contributed by atoms with Crippen LogP contribution in [0, 0.1) is 5.92 Å². The van der Waals surface area contributed by atoms with Gasteiger partial charge in [-0.1, -0.05) is 12.1 Å². The highest BCUT2D eigenvalue weighted by Crippen LogP contribution is 2.29. The Balaban J connectivity index is 1.17. The van der Waals surface area contributed by atoms with E-state index in [0.717, 1.165) is 70.3 Å². The lowest BCUT2D eigenvalue weighted by Gasteiger charge is -2.36. The number of aryl methyl sites for hydroxylation is 1. The molecular weight excluding hydrogens is 366 g/mol. The Bertz CT molecular complexity index is 887. The molecule has 29 heavy (non-hydrogen) atoms. The molecule has 7 heteroatoms. The highest BCUT2D eigenvalue weighted by Gasteiger charge is 2.38. The molecular formula is C22H29N5O2. The first-order valence-electron chi connectivity index (χ1n) is 10.6. The molecule has 2 fully saturated rings. The summed E-state index contributed by atoms with van der Waals surface area (Å²) in [5.74, 6) is 1.49. The topological polar surface area (TPSA) is 62.6 Å². The number of hydrogen-bond acceptors (Lipinski definition) is 5. The van der Waals surface area contributed by atoms with E-state index >= 15 is 0 Å². The summed E-state index contributed by atoms with van der Waals surface area (Å²) in [6.45, 7) is 6.77. The molecule has 2 aromatic rings. The van der Waals surface area contributed by atoms with Crippen LogP contribution in [0.2, 0.25) is 0 Å². The largest absolute Gasteiger partial charge is 0.493 e. The first-order valence-corrected chi connectivity index (χ1v) is 10.6. The zero-order valence-electron chi connectivity index (χ0n) is 17.0. The van der Waals surface area contributed by atoms with Gasteiger partial charge in [-0.2, -0.15) is 0 Å². The van der Waals surface area contributed by atoms with Crippen LogP contribution in [0.25, 0.3) is 0 Å². The molecule has 0 spiro atoms. The van der Waals surface area contributed by atoms with E-state index in [-0.39, 0.29) is 17.7 Å². The quantitative estimate of drug-likeness (QED) is 0.837. The molecule has 2 atom stereocenters. The molecule has 3 aliphatic heterocycles. The van der Waals surface area contributed by atoms with Gasteiger partial charge in [0.25, 0.3) is 0 Å². The highest BCUT2D eigenvalue weighted by atomic mass is 16.5.